The van der Waals surface area contributed by atoms with Gasteiger partial charge in [0.05, 0.1) is 43.0 Å². The predicted molar refractivity (Wildman–Crippen MR) is 131 cm³/mol. The molecule has 2 N–H and O–H groups in total. The average Bonchev–Trinajstić information content (AvgIpc) is 2.88. The van der Waals surface area contributed by atoms with Crippen molar-refractivity contribution >= 4 is 44.3 Å². The zero-order valence-corrected chi connectivity index (χ0v) is 20.0. The average molecular weight is 518 g/mol. The lowest BCUT2D eigenvalue weighted by Gasteiger charge is -2.36. The summed E-state index contributed by atoms with van der Waals surface area (Å²) in [5, 5.41) is 11.8. The van der Waals surface area contributed by atoms with E-state index in [1.807, 2.05) is 36.4 Å². The van der Waals surface area contributed by atoms with Gasteiger partial charge in [0.2, 0.25) is 0 Å². The number of nitriles is 1. The first kappa shape index (κ1) is 23.1. The summed E-state index contributed by atoms with van der Waals surface area (Å²) in [4.78, 5) is 27.8. The van der Waals surface area contributed by atoms with E-state index in [1.165, 1.54) is 19.1 Å². The normalized spacial score (nSPS) is 15.8. The van der Waals surface area contributed by atoms with E-state index in [-0.39, 0.29) is 22.7 Å². The lowest BCUT2D eigenvalue weighted by atomic mass is 9.80. The van der Waals surface area contributed by atoms with Gasteiger partial charge in [0, 0.05) is 9.86 Å². The third kappa shape index (κ3) is 3.70. The summed E-state index contributed by atoms with van der Waals surface area (Å²) in [5.41, 5.74) is 7.70. The molecule has 0 aromatic heterocycles. The smallest absolute Gasteiger partial charge is 0.355 e. The molecule has 0 saturated heterocycles. The number of ether oxygens (including phenoxy) is 2. The van der Waals surface area contributed by atoms with Gasteiger partial charge in [0.25, 0.3) is 0 Å². The highest BCUT2D eigenvalue weighted by Crippen LogP contribution is 2.45. The quantitative estimate of drug-likeness (QED) is 0.507. The Labute approximate surface area is 204 Å². The van der Waals surface area contributed by atoms with Gasteiger partial charge in [-0.25, -0.2) is 9.59 Å². The van der Waals surface area contributed by atoms with Crippen molar-refractivity contribution in [3.05, 3.63) is 99.4 Å². The number of nitrogens with two attached hydrogens (primary N) is 1. The lowest BCUT2D eigenvalue weighted by Crippen LogP contribution is -2.40. The summed E-state index contributed by atoms with van der Waals surface area (Å²) in [6.45, 7) is 0. The van der Waals surface area contributed by atoms with Crippen LogP contribution < -0.4 is 10.6 Å². The highest BCUT2D eigenvalue weighted by molar-refractivity contribution is 9.10. The Morgan fingerprint density at radius 1 is 0.941 bits per heavy atom. The van der Waals surface area contributed by atoms with Crippen molar-refractivity contribution in [1.29, 1.82) is 5.26 Å². The molecule has 34 heavy (non-hydrogen) atoms. The maximum atomic E-state index is 13.2. The minimum absolute atomic E-state index is 0.0249. The van der Waals surface area contributed by atoms with E-state index in [4.69, 9.17) is 15.2 Å². The Morgan fingerprint density at radius 2 is 1.56 bits per heavy atom. The van der Waals surface area contributed by atoms with Crippen LogP contribution in [-0.2, 0) is 19.1 Å². The van der Waals surface area contributed by atoms with Crippen LogP contribution >= 0.6 is 15.9 Å². The second-order valence-corrected chi connectivity index (χ2v) is 8.30. The van der Waals surface area contributed by atoms with Gasteiger partial charge < -0.3 is 15.2 Å². The number of halogens is 1. The molecule has 1 unspecified atom stereocenters. The first-order chi connectivity index (χ1) is 16.4. The highest BCUT2D eigenvalue weighted by atomic mass is 79.9. The number of carbonyl (C=O) groups excluding carboxylic acids is 2. The fourth-order valence-electron chi connectivity index (χ4n) is 4.20. The predicted octanol–water partition coefficient (Wildman–Crippen LogP) is 4.50. The number of benzene rings is 3. The first-order valence-electron chi connectivity index (χ1n) is 10.3. The Morgan fingerprint density at radius 3 is 2.18 bits per heavy atom. The molecule has 1 atom stereocenters. The second-order valence-electron chi connectivity index (χ2n) is 7.45. The van der Waals surface area contributed by atoms with Crippen molar-refractivity contribution in [2.45, 2.75) is 5.92 Å². The van der Waals surface area contributed by atoms with Crippen molar-refractivity contribution in [2.75, 3.05) is 19.1 Å². The Bertz CT molecular complexity index is 1410. The number of hydrogen-bond acceptors (Lipinski definition) is 7. The molecule has 4 rings (SSSR count). The van der Waals surface area contributed by atoms with Gasteiger partial charge in [-0.1, -0.05) is 70.5 Å². The van der Waals surface area contributed by atoms with Crippen molar-refractivity contribution in [3.63, 3.8) is 0 Å². The van der Waals surface area contributed by atoms with Crippen molar-refractivity contribution < 1.29 is 19.1 Å². The second kappa shape index (κ2) is 9.41. The van der Waals surface area contributed by atoms with Gasteiger partial charge in [-0.15, -0.1) is 0 Å². The molecule has 1 aliphatic rings. The van der Waals surface area contributed by atoms with Crippen LogP contribution in [0.15, 0.2) is 93.9 Å². The zero-order chi connectivity index (χ0) is 24.4. The molecular weight excluding hydrogens is 498 g/mol. The standard InChI is InChI=1S/C26H20BrN3O4/c1-33-25(31)22-21(15-8-4-3-5-9-15)18(14-28)24(29)30(23(22)26(32)34-2)20-13-12-19(27)16-10-6-7-11-17(16)20/h3-13,21H,29H2,1-2H3. The maximum absolute atomic E-state index is 13.2. The van der Waals surface area contributed by atoms with Gasteiger partial charge in [-0.05, 0) is 23.1 Å². The van der Waals surface area contributed by atoms with Crippen LogP contribution in [0.4, 0.5) is 5.69 Å². The number of methoxy groups -OCH3 is 2. The van der Waals surface area contributed by atoms with E-state index in [0.717, 1.165) is 15.2 Å². The Hall–Kier alpha value is -4.09. The van der Waals surface area contributed by atoms with Crippen LogP contribution in [0.25, 0.3) is 10.8 Å². The molecule has 1 aliphatic heterocycles. The summed E-state index contributed by atoms with van der Waals surface area (Å²) in [6, 6.07) is 22.1. The molecule has 0 aliphatic carbocycles. The minimum atomic E-state index is -0.911. The topological polar surface area (TPSA) is 106 Å². The largest absolute Gasteiger partial charge is 0.466 e. The minimum Gasteiger partial charge on any atom is -0.466 e. The number of fused-ring (bicyclic) bond motifs is 1. The van der Waals surface area contributed by atoms with Crippen LogP contribution in [-0.4, -0.2) is 26.2 Å². The molecule has 0 radical (unpaired) electrons. The van der Waals surface area contributed by atoms with Crippen LogP contribution in [0, 0.1) is 11.3 Å². The van der Waals surface area contributed by atoms with Crippen LogP contribution in [0.2, 0.25) is 0 Å². The number of nitrogens with zero attached hydrogens (tertiary/aromatic N) is 2. The maximum Gasteiger partial charge on any atom is 0.355 e. The molecular formula is C26H20BrN3O4. The first-order valence-corrected chi connectivity index (χ1v) is 11.1. The number of rotatable bonds is 4. The van der Waals surface area contributed by atoms with E-state index < -0.39 is 17.9 Å². The fraction of sp³-hybridized carbons (Fsp3) is 0.115. The van der Waals surface area contributed by atoms with E-state index >= 15 is 0 Å². The van der Waals surface area contributed by atoms with Gasteiger partial charge in [-0.2, -0.15) is 5.26 Å². The highest BCUT2D eigenvalue weighted by Gasteiger charge is 2.43. The molecule has 0 bridgehead atoms. The Balaban J connectivity index is 2.13. The fourth-order valence-corrected chi connectivity index (χ4v) is 4.68. The molecule has 7 nitrogen and oxygen atoms in total. The molecule has 0 saturated carbocycles. The monoisotopic (exact) mass is 517 g/mol. The summed E-state index contributed by atoms with van der Waals surface area (Å²) in [5.74, 6) is -2.43. The third-order valence-corrected chi connectivity index (χ3v) is 6.39. The number of anilines is 1. The molecule has 0 fully saturated rings. The number of hydrogen-bond donors (Lipinski definition) is 1. The lowest BCUT2D eigenvalue weighted by molar-refractivity contribution is -0.139. The van der Waals surface area contributed by atoms with Crippen molar-refractivity contribution in [2.24, 2.45) is 5.73 Å². The van der Waals surface area contributed by atoms with Crippen LogP contribution in [0.5, 0.6) is 0 Å². The molecule has 170 valence electrons. The van der Waals surface area contributed by atoms with Gasteiger partial charge in [0.1, 0.15) is 11.5 Å². The molecule has 3 aromatic rings. The van der Waals surface area contributed by atoms with E-state index in [2.05, 4.69) is 22.0 Å². The van der Waals surface area contributed by atoms with Gasteiger partial charge >= 0.3 is 11.9 Å². The summed E-state index contributed by atoms with van der Waals surface area (Å²) in [7, 11) is 2.44. The van der Waals surface area contributed by atoms with Crippen molar-refractivity contribution in [3.8, 4) is 6.07 Å². The summed E-state index contributed by atoms with van der Waals surface area (Å²) >= 11 is 3.55. The molecule has 1 heterocycles. The van der Waals surface area contributed by atoms with E-state index in [9.17, 15) is 14.9 Å². The van der Waals surface area contributed by atoms with Crippen LogP contribution in [0.3, 0.4) is 0 Å². The third-order valence-electron chi connectivity index (χ3n) is 5.70. The molecule has 8 heteroatoms. The molecule has 3 aromatic carbocycles. The summed E-state index contributed by atoms with van der Waals surface area (Å²) in [6.07, 6.45) is 0. The SMILES string of the molecule is COC(=O)C1=C(C(=O)OC)N(c2ccc(Br)c3ccccc23)C(N)=C(C#N)C1c1ccccc1. The summed E-state index contributed by atoms with van der Waals surface area (Å²) < 4.78 is 11.0. The molecule has 0 amide bonds. The number of esters is 2. The van der Waals surface area contributed by atoms with Gasteiger partial charge in [-0.3, -0.25) is 4.90 Å². The number of allylic oxidation sites excluding steroid dienone is 1. The van der Waals surface area contributed by atoms with E-state index in [1.54, 1.807) is 30.3 Å². The Kier molecular flexibility index (Phi) is 6.39. The number of carbonyl (C=O) groups is 2. The van der Waals surface area contributed by atoms with Crippen molar-refractivity contribution in [1.82, 2.24) is 0 Å². The zero-order valence-electron chi connectivity index (χ0n) is 18.4. The van der Waals surface area contributed by atoms with E-state index in [0.29, 0.717) is 11.3 Å². The van der Waals surface area contributed by atoms with Crippen LogP contribution in [0.1, 0.15) is 11.5 Å². The molecule has 0 spiro atoms. The van der Waals surface area contributed by atoms with Gasteiger partial charge in [0.15, 0.2) is 0 Å².